The van der Waals surface area contributed by atoms with Gasteiger partial charge in [-0.1, -0.05) is 60.7 Å². The van der Waals surface area contributed by atoms with Gasteiger partial charge in [0.2, 0.25) is 0 Å². The number of carbonyl (C=O) groups is 4. The average molecular weight is 1330 g/mol. The van der Waals surface area contributed by atoms with Gasteiger partial charge in [-0.3, -0.25) is 24.1 Å². The van der Waals surface area contributed by atoms with E-state index in [-0.39, 0.29) is 63.7 Å². The molecular formula is C77H81N5O16+4. The molecule has 0 aliphatic carbocycles. The Morgan fingerprint density at radius 2 is 0.776 bits per heavy atom. The molecule has 0 radical (unpaired) electrons. The molecule has 0 unspecified atom stereocenters. The number of carbonyl (C=O) groups excluding carboxylic acids is 4. The molecule has 22 heterocycles. The zero-order chi connectivity index (χ0) is 67.3. The predicted molar refractivity (Wildman–Crippen MR) is 356 cm³/mol. The lowest BCUT2D eigenvalue weighted by molar-refractivity contribution is -0.689. The number of nitrogens with zero attached hydrogens (tertiary/aromatic N) is 5. The van der Waals surface area contributed by atoms with Crippen LogP contribution in [0.4, 0.5) is 0 Å². The lowest BCUT2D eigenvalue weighted by atomic mass is 9.97. The van der Waals surface area contributed by atoms with Crippen molar-refractivity contribution in [1.82, 2.24) is 4.90 Å². The van der Waals surface area contributed by atoms with Crippen LogP contribution in [0.15, 0.2) is 189 Å². The highest BCUT2D eigenvalue weighted by Crippen LogP contribution is 2.34. The zero-order valence-corrected chi connectivity index (χ0v) is 55.0. The largest absolute Gasteiger partial charge is 0.491 e. The molecule has 0 saturated heterocycles. The molecule has 2 amide bonds. The minimum absolute atomic E-state index is 0.160. The van der Waals surface area contributed by atoms with Crippen LogP contribution in [0.3, 0.4) is 0 Å². The Balaban J connectivity index is 0.648. The van der Waals surface area contributed by atoms with Crippen LogP contribution in [0.25, 0.3) is 33.0 Å². The monoisotopic (exact) mass is 1330 g/mol. The second kappa shape index (κ2) is 34.3. The van der Waals surface area contributed by atoms with Gasteiger partial charge in [0.15, 0.2) is 75.8 Å². The number of ether oxygens (including phenoxy) is 12. The molecule has 18 aliphatic rings. The number of amides is 2. The molecule has 0 saturated carbocycles. The molecule has 18 bridgehead atoms. The van der Waals surface area contributed by atoms with Gasteiger partial charge in [-0.25, -0.2) is 18.3 Å². The van der Waals surface area contributed by atoms with Crippen LogP contribution in [0.5, 0.6) is 23.0 Å². The number of hydrogen-bond donors (Lipinski definition) is 0. The normalized spacial score (nSPS) is 16.1. The molecule has 0 spiro atoms. The van der Waals surface area contributed by atoms with E-state index >= 15 is 0 Å². The molecule has 1 atom stereocenters. The molecule has 0 fully saturated rings. The Morgan fingerprint density at radius 1 is 0.418 bits per heavy atom. The summed E-state index contributed by atoms with van der Waals surface area (Å²) in [6.07, 6.45) is 14.8. The van der Waals surface area contributed by atoms with Crippen molar-refractivity contribution in [3.05, 3.63) is 228 Å². The molecule has 506 valence electrons. The summed E-state index contributed by atoms with van der Waals surface area (Å²) in [6, 6.07) is 45.9. The van der Waals surface area contributed by atoms with Crippen molar-refractivity contribution < 1.29 is 94.3 Å². The average Bonchev–Trinajstić information content (AvgIpc) is 1.58. The number of hydrogen-bond acceptors (Lipinski definition) is 16. The van der Waals surface area contributed by atoms with Crippen LogP contribution >= 0.6 is 0 Å². The minimum atomic E-state index is -0.975. The van der Waals surface area contributed by atoms with Crippen molar-refractivity contribution in [2.75, 3.05) is 112 Å². The van der Waals surface area contributed by atoms with Gasteiger partial charge in [0.1, 0.15) is 68.7 Å². The Labute approximate surface area is 569 Å². The topological polar surface area (TPSA) is 198 Å². The number of aromatic nitrogens is 4. The molecule has 5 aromatic carbocycles. The molecule has 0 N–H and O–H groups in total. The first kappa shape index (κ1) is 68.0. The van der Waals surface area contributed by atoms with Crippen molar-refractivity contribution in [2.45, 2.75) is 52.2 Å². The maximum Gasteiger partial charge on any atom is 0.326 e. The molecule has 18 aliphatic heterocycles. The van der Waals surface area contributed by atoms with Gasteiger partial charge in [-0.05, 0) is 59.0 Å². The maximum absolute atomic E-state index is 14.6. The van der Waals surface area contributed by atoms with Crippen LogP contribution in [0.1, 0.15) is 61.9 Å². The van der Waals surface area contributed by atoms with E-state index in [1.165, 1.54) is 11.1 Å². The van der Waals surface area contributed by atoms with Crippen LogP contribution in [-0.2, 0) is 80.3 Å². The standard InChI is InChI=1S/C77H81N5O16/c1-56(46-72(83)97-55-59-47-66-49-67(48-59)94-43-39-90-35-31-88-33-37-92-41-45-96-71-7-3-5-69-68(71)4-2-6-70(69)95-44-40-91-36-32-87-30-34-89-38-42-93-66)98-73(84)54-82-76(85)74-64-12-13-65(75(74)77(82)86)53-81-28-20-63(21-29-81)61-16-24-79(25-17-61)51-58-9-8-57(10-11-58)50-78-22-14-60(15-23-78)62-18-26-80(52-64)27-19-62/h2-29,47-49,56H,30-46,50-55H2,1H3/q+4/t56-/m0/s1. The van der Waals surface area contributed by atoms with Crippen LogP contribution < -0.4 is 37.2 Å². The third-order valence-corrected chi connectivity index (χ3v) is 16.7. The highest BCUT2D eigenvalue weighted by Gasteiger charge is 2.42. The fraction of sp³-hybridized carbons (Fsp3) is 0.325. The highest BCUT2D eigenvalue weighted by atomic mass is 16.6. The lowest BCUT2D eigenvalue weighted by Crippen LogP contribution is -2.38. The maximum atomic E-state index is 14.6. The van der Waals surface area contributed by atoms with Crippen LogP contribution in [0.2, 0.25) is 0 Å². The fourth-order valence-corrected chi connectivity index (χ4v) is 11.7. The summed E-state index contributed by atoms with van der Waals surface area (Å²) in [6.45, 7) is 8.16. The molecule has 4 aromatic heterocycles. The molecule has 21 nitrogen and oxygen atoms in total. The smallest absolute Gasteiger partial charge is 0.326 e. The van der Waals surface area contributed by atoms with Gasteiger partial charge in [0, 0.05) is 87.6 Å². The molecule has 9 aromatic rings. The first-order chi connectivity index (χ1) is 48.1. The van der Waals surface area contributed by atoms with Gasteiger partial charge in [0.05, 0.1) is 96.8 Å². The summed E-state index contributed by atoms with van der Waals surface area (Å²) < 4.78 is 78.3. The second-order valence-electron chi connectivity index (χ2n) is 23.8. The molecule has 27 rings (SSSR count). The number of imide groups is 1. The van der Waals surface area contributed by atoms with E-state index in [0.717, 1.165) is 62.5 Å². The van der Waals surface area contributed by atoms with E-state index < -0.39 is 36.4 Å². The van der Waals surface area contributed by atoms with Crippen molar-refractivity contribution in [2.24, 2.45) is 0 Å². The van der Waals surface area contributed by atoms with E-state index in [9.17, 15) is 19.2 Å². The van der Waals surface area contributed by atoms with Crippen molar-refractivity contribution >= 4 is 34.5 Å². The van der Waals surface area contributed by atoms with E-state index in [0.29, 0.717) is 107 Å². The van der Waals surface area contributed by atoms with Gasteiger partial charge in [-0.2, -0.15) is 0 Å². The third-order valence-electron chi connectivity index (χ3n) is 16.7. The van der Waals surface area contributed by atoms with Crippen molar-refractivity contribution in [1.29, 1.82) is 0 Å². The Bertz CT molecular complexity index is 3920. The van der Waals surface area contributed by atoms with Crippen molar-refractivity contribution in [3.63, 3.8) is 0 Å². The van der Waals surface area contributed by atoms with E-state index in [1.807, 2.05) is 107 Å². The summed E-state index contributed by atoms with van der Waals surface area (Å²) in [7, 11) is 0. The third kappa shape index (κ3) is 18.8. The number of benzene rings is 5. The summed E-state index contributed by atoms with van der Waals surface area (Å²) in [5.74, 6) is -0.354. The van der Waals surface area contributed by atoms with Crippen LogP contribution in [0, 0.1) is 0 Å². The highest BCUT2D eigenvalue weighted by molar-refractivity contribution is 6.23. The van der Waals surface area contributed by atoms with Gasteiger partial charge < -0.3 is 56.8 Å². The Kier molecular flexibility index (Phi) is 23.8. The van der Waals surface area contributed by atoms with Gasteiger partial charge >= 0.3 is 11.9 Å². The number of rotatable bonds is 7. The molecule has 98 heavy (non-hydrogen) atoms. The van der Waals surface area contributed by atoms with Gasteiger partial charge in [0.25, 0.3) is 11.8 Å². The fourth-order valence-electron chi connectivity index (χ4n) is 11.7. The summed E-state index contributed by atoms with van der Waals surface area (Å²) in [4.78, 5) is 57.4. The zero-order valence-electron chi connectivity index (χ0n) is 55.0. The minimum Gasteiger partial charge on any atom is -0.491 e. The molecular weight excluding hydrogens is 1250 g/mol. The quantitative estimate of drug-likeness (QED) is 0.0850. The molecule has 21 heteroatoms. The second-order valence-corrected chi connectivity index (χ2v) is 23.8. The first-order valence-corrected chi connectivity index (χ1v) is 33.2. The number of fused-ring (bicyclic) bond motifs is 2. The Morgan fingerprint density at radius 3 is 1.16 bits per heavy atom. The first-order valence-electron chi connectivity index (χ1n) is 33.2. The number of esters is 2. The summed E-state index contributed by atoms with van der Waals surface area (Å²) in [5, 5.41) is 1.89. The SMILES string of the molecule is C[C@@H](CC(=O)OCc1cc2cc(c1)OCCOCCOCCOCCOc1cccc3c(cccc13)OCCOCCOCCOCCO2)OC(=O)CN1C(=O)c2c3ccc(c2C1=O)C[n+]1ccc(cc1)-c1cc[n+](cc1)Cc1ccc(cc1)C[n+]1ccc(cc1)-c1cc[n+](cc1)C3. The van der Waals surface area contributed by atoms with Crippen molar-refractivity contribution in [3.8, 4) is 45.3 Å². The lowest BCUT2D eigenvalue weighted by Gasteiger charge is -2.17. The Hall–Kier alpha value is -10.0. The van der Waals surface area contributed by atoms with Crippen LogP contribution in [-0.4, -0.2) is 147 Å². The number of pyridine rings is 4. The van der Waals surface area contributed by atoms with E-state index in [4.69, 9.17) is 56.8 Å². The van der Waals surface area contributed by atoms with E-state index in [1.54, 1.807) is 25.1 Å². The summed E-state index contributed by atoms with van der Waals surface area (Å²) >= 11 is 0. The van der Waals surface area contributed by atoms with Gasteiger partial charge in [-0.15, -0.1) is 0 Å². The predicted octanol–water partition coefficient (Wildman–Crippen LogP) is 7.82. The summed E-state index contributed by atoms with van der Waals surface area (Å²) in [5.41, 5.74) is 8.76. The van der Waals surface area contributed by atoms with E-state index in [2.05, 4.69) is 82.5 Å².